The van der Waals surface area contributed by atoms with Gasteiger partial charge in [0.15, 0.2) is 0 Å². The minimum absolute atomic E-state index is 0.113. The molecule has 1 aliphatic heterocycles. The van der Waals surface area contributed by atoms with Crippen LogP contribution in [0.15, 0.2) is 40.7 Å². The van der Waals surface area contributed by atoms with Crippen LogP contribution in [0.3, 0.4) is 0 Å². The Morgan fingerprint density at radius 3 is 2.64 bits per heavy atom. The smallest absolute Gasteiger partial charge is 0.337 e. The van der Waals surface area contributed by atoms with Gasteiger partial charge in [-0.25, -0.2) is 9.18 Å². The van der Waals surface area contributed by atoms with Crippen LogP contribution >= 0.6 is 11.6 Å². The number of ether oxygens (including phenoxy) is 2. The van der Waals surface area contributed by atoms with Crippen LogP contribution in [0.4, 0.5) is 4.39 Å². The summed E-state index contributed by atoms with van der Waals surface area (Å²) < 4.78 is 24.5. The zero-order valence-electron chi connectivity index (χ0n) is 16.7. The minimum atomic E-state index is -0.787. The maximum absolute atomic E-state index is 13.6. The Hall–Kier alpha value is -2.36. The van der Waals surface area contributed by atoms with E-state index in [9.17, 15) is 14.4 Å². The van der Waals surface area contributed by atoms with Crippen molar-refractivity contribution in [2.75, 3.05) is 13.7 Å². The summed E-state index contributed by atoms with van der Waals surface area (Å²) in [6.45, 7) is 7.38. The van der Waals surface area contributed by atoms with E-state index in [0.717, 1.165) is 6.07 Å². The van der Waals surface area contributed by atoms with Crippen molar-refractivity contribution in [1.82, 2.24) is 5.32 Å². The van der Waals surface area contributed by atoms with Gasteiger partial charge in [0.1, 0.15) is 11.4 Å². The van der Waals surface area contributed by atoms with Gasteiger partial charge in [-0.3, -0.25) is 0 Å². The van der Waals surface area contributed by atoms with Gasteiger partial charge in [-0.2, -0.15) is 5.26 Å². The molecular weight excluding hydrogens is 383 g/mol. The van der Waals surface area contributed by atoms with Crippen LogP contribution in [0.5, 0.6) is 0 Å². The average molecular weight is 407 g/mol. The van der Waals surface area contributed by atoms with Crippen LogP contribution in [-0.2, 0) is 14.3 Å². The lowest BCUT2D eigenvalue weighted by Crippen LogP contribution is -2.35. The van der Waals surface area contributed by atoms with E-state index in [4.69, 9.17) is 21.1 Å². The van der Waals surface area contributed by atoms with E-state index < -0.39 is 23.3 Å². The predicted molar refractivity (Wildman–Crippen MR) is 105 cm³/mol. The number of esters is 1. The molecule has 0 fully saturated rings. The molecule has 0 aromatic heterocycles. The maximum atomic E-state index is 13.6. The highest BCUT2D eigenvalue weighted by Crippen LogP contribution is 2.41. The first-order chi connectivity index (χ1) is 13.1. The zero-order chi connectivity index (χ0) is 21.1. The number of dihydropyridines is 1. The summed E-state index contributed by atoms with van der Waals surface area (Å²) in [5.41, 5.74) is 1.37. The topological polar surface area (TPSA) is 71.3 Å². The maximum Gasteiger partial charge on any atom is 0.337 e. The number of rotatable bonds is 6. The minimum Gasteiger partial charge on any atom is -0.456 e. The fraction of sp³-hybridized carbons (Fsp3) is 0.429. The highest BCUT2D eigenvalue weighted by Gasteiger charge is 2.38. The number of nitrogens with zero attached hydrogens (tertiary/aromatic N) is 1. The number of hydrogen-bond acceptors (Lipinski definition) is 5. The molecule has 1 heterocycles. The highest BCUT2D eigenvalue weighted by molar-refractivity contribution is 6.31. The Morgan fingerprint density at radius 2 is 2.11 bits per heavy atom. The summed E-state index contributed by atoms with van der Waals surface area (Å²) in [5, 5.41) is 13.0. The van der Waals surface area contributed by atoms with Crippen molar-refractivity contribution in [3.63, 3.8) is 0 Å². The van der Waals surface area contributed by atoms with Crippen LogP contribution < -0.4 is 5.32 Å². The molecule has 0 amide bonds. The van der Waals surface area contributed by atoms with Crippen LogP contribution in [0.1, 0.15) is 45.6 Å². The summed E-state index contributed by atoms with van der Waals surface area (Å²) >= 11 is 6.29. The van der Waals surface area contributed by atoms with E-state index in [0.29, 0.717) is 29.0 Å². The molecule has 1 aromatic carbocycles. The summed E-state index contributed by atoms with van der Waals surface area (Å²) in [4.78, 5) is 13.2. The molecule has 0 bridgehead atoms. The van der Waals surface area contributed by atoms with Crippen LogP contribution in [0.2, 0.25) is 5.02 Å². The highest BCUT2D eigenvalue weighted by atomic mass is 35.5. The number of benzene rings is 1. The molecule has 1 N–H and O–H groups in total. The fourth-order valence-corrected chi connectivity index (χ4v) is 3.24. The van der Waals surface area contributed by atoms with Gasteiger partial charge < -0.3 is 14.8 Å². The molecular formula is C21H24ClFN2O3. The van der Waals surface area contributed by atoms with E-state index in [1.54, 1.807) is 6.92 Å². The van der Waals surface area contributed by atoms with Gasteiger partial charge >= 0.3 is 5.97 Å². The molecule has 5 nitrogen and oxygen atoms in total. The standard InChI is InChI=1S/C21H24ClFN2O3/c1-6-21(3,4)28-20(26)19-17(11-27-5)25-12(2)15(10-24)18(19)14-8-7-13(23)9-16(14)22/h7-9,18,25H,6,11H2,1-5H3. The van der Waals surface area contributed by atoms with E-state index in [1.807, 2.05) is 20.8 Å². The monoisotopic (exact) mass is 406 g/mol. The Labute approximate surface area is 169 Å². The largest absolute Gasteiger partial charge is 0.456 e. The molecule has 2 rings (SSSR count). The Morgan fingerprint density at radius 1 is 1.43 bits per heavy atom. The van der Waals surface area contributed by atoms with Gasteiger partial charge in [0.2, 0.25) is 0 Å². The SMILES string of the molecule is CCC(C)(C)OC(=O)C1=C(COC)NC(C)=C(C#N)C1c1ccc(F)cc1Cl. The van der Waals surface area contributed by atoms with E-state index in [-0.39, 0.29) is 17.2 Å². The first-order valence-electron chi connectivity index (χ1n) is 8.93. The zero-order valence-corrected chi connectivity index (χ0v) is 17.4. The Balaban J connectivity index is 2.69. The summed E-state index contributed by atoms with van der Waals surface area (Å²) in [7, 11) is 1.51. The lowest BCUT2D eigenvalue weighted by Gasteiger charge is -2.32. The van der Waals surface area contributed by atoms with Gasteiger partial charge in [-0.15, -0.1) is 0 Å². The summed E-state index contributed by atoms with van der Waals surface area (Å²) in [6.07, 6.45) is 0.612. The number of nitrogens with one attached hydrogen (secondary N) is 1. The van der Waals surface area contributed by atoms with Crippen molar-refractivity contribution in [3.8, 4) is 6.07 Å². The molecule has 7 heteroatoms. The quantitative estimate of drug-likeness (QED) is 0.699. The van der Waals surface area contributed by atoms with Crippen LogP contribution in [0.25, 0.3) is 0 Å². The lowest BCUT2D eigenvalue weighted by molar-refractivity contribution is -0.152. The molecule has 0 radical (unpaired) electrons. The second kappa shape index (κ2) is 8.76. The Kier molecular flexibility index (Phi) is 6.87. The van der Waals surface area contributed by atoms with Crippen molar-refractivity contribution in [3.05, 3.63) is 57.1 Å². The van der Waals surface area contributed by atoms with E-state index >= 15 is 0 Å². The molecule has 0 spiro atoms. The number of methoxy groups -OCH3 is 1. The Bertz CT molecular complexity index is 884. The van der Waals surface area contributed by atoms with E-state index in [2.05, 4.69) is 11.4 Å². The predicted octanol–water partition coefficient (Wildman–Crippen LogP) is 4.60. The van der Waals surface area contributed by atoms with Crippen molar-refractivity contribution in [2.45, 2.75) is 45.6 Å². The third kappa shape index (κ3) is 4.54. The average Bonchev–Trinajstić information content (AvgIpc) is 2.61. The van der Waals surface area contributed by atoms with Crippen molar-refractivity contribution in [2.24, 2.45) is 0 Å². The molecule has 28 heavy (non-hydrogen) atoms. The van der Waals surface area contributed by atoms with Gasteiger partial charge in [0.05, 0.1) is 35.4 Å². The fourth-order valence-electron chi connectivity index (χ4n) is 2.97. The molecule has 1 aromatic rings. The van der Waals surface area contributed by atoms with E-state index in [1.165, 1.54) is 19.2 Å². The van der Waals surface area contributed by atoms with Crippen LogP contribution in [-0.4, -0.2) is 25.3 Å². The lowest BCUT2D eigenvalue weighted by atomic mass is 9.80. The van der Waals surface area contributed by atoms with Gasteiger partial charge in [-0.1, -0.05) is 24.6 Å². The molecule has 1 aliphatic rings. The van der Waals surface area contributed by atoms with Gasteiger partial charge in [0, 0.05) is 17.8 Å². The van der Waals surface area contributed by atoms with Crippen molar-refractivity contribution >= 4 is 17.6 Å². The third-order valence-electron chi connectivity index (χ3n) is 4.77. The number of carbonyl (C=O) groups is 1. The van der Waals surface area contributed by atoms with Gasteiger partial charge in [0.25, 0.3) is 0 Å². The molecule has 0 saturated carbocycles. The van der Waals surface area contributed by atoms with Crippen molar-refractivity contribution < 1.29 is 18.7 Å². The number of carbonyl (C=O) groups excluding carboxylic acids is 1. The molecule has 1 unspecified atom stereocenters. The van der Waals surface area contributed by atoms with Crippen molar-refractivity contribution in [1.29, 1.82) is 5.26 Å². The summed E-state index contributed by atoms with van der Waals surface area (Å²) in [5.74, 6) is -1.86. The second-order valence-electron chi connectivity index (χ2n) is 7.20. The second-order valence-corrected chi connectivity index (χ2v) is 7.61. The third-order valence-corrected chi connectivity index (χ3v) is 5.10. The number of hydrogen-bond donors (Lipinski definition) is 1. The normalized spacial score (nSPS) is 17.3. The number of allylic oxidation sites excluding steroid dienone is 2. The molecule has 0 aliphatic carbocycles. The summed E-state index contributed by atoms with van der Waals surface area (Å²) in [6, 6.07) is 6.05. The molecule has 150 valence electrons. The first-order valence-corrected chi connectivity index (χ1v) is 9.31. The number of halogens is 2. The van der Waals surface area contributed by atoms with Gasteiger partial charge in [-0.05, 0) is 44.9 Å². The molecule has 1 atom stereocenters. The molecule has 0 saturated heterocycles. The number of nitriles is 1. The van der Waals surface area contributed by atoms with Crippen LogP contribution in [0, 0.1) is 17.1 Å². The first kappa shape index (κ1) is 21.9.